The summed E-state index contributed by atoms with van der Waals surface area (Å²) in [7, 11) is 0. The van der Waals surface area contributed by atoms with E-state index in [1.54, 1.807) is 13.8 Å². The summed E-state index contributed by atoms with van der Waals surface area (Å²) in [6.45, 7) is 15.1. The number of carbonyl (C=O) groups is 2. The van der Waals surface area contributed by atoms with Crippen LogP contribution in [0.25, 0.3) is 0 Å². The largest absolute Gasteiger partial charge is 0.290 e. The highest BCUT2D eigenvalue weighted by atomic mass is 16.1. The SMILES string of the molecule is CC(=CCC1=C(C)C(=O)C(C)=CC1=O)CCCC(C)CCCC(C)CCCC(C)C. The zero-order chi connectivity index (χ0) is 22.7. The molecule has 0 aromatic rings. The van der Waals surface area contributed by atoms with Gasteiger partial charge in [0.05, 0.1) is 0 Å². The zero-order valence-electron chi connectivity index (χ0n) is 20.8. The van der Waals surface area contributed by atoms with Crippen LogP contribution in [0.3, 0.4) is 0 Å². The Kier molecular flexibility index (Phi) is 12.2. The second kappa shape index (κ2) is 13.8. The van der Waals surface area contributed by atoms with E-state index in [1.165, 1.54) is 63.0 Å². The van der Waals surface area contributed by atoms with Crippen LogP contribution in [0.15, 0.2) is 34.4 Å². The molecule has 0 aromatic carbocycles. The molecule has 1 aliphatic rings. The topological polar surface area (TPSA) is 34.1 Å². The first-order valence-corrected chi connectivity index (χ1v) is 12.2. The van der Waals surface area contributed by atoms with Crippen molar-refractivity contribution in [2.45, 2.75) is 113 Å². The van der Waals surface area contributed by atoms with Gasteiger partial charge in [-0.25, -0.2) is 0 Å². The summed E-state index contributed by atoms with van der Waals surface area (Å²) in [4.78, 5) is 24.3. The molecule has 0 N–H and O–H groups in total. The highest BCUT2D eigenvalue weighted by molar-refractivity contribution is 6.22. The molecule has 0 amide bonds. The lowest BCUT2D eigenvalue weighted by Crippen LogP contribution is -2.16. The number of hydrogen-bond donors (Lipinski definition) is 0. The second-order valence-electron chi connectivity index (χ2n) is 10.2. The summed E-state index contributed by atoms with van der Waals surface area (Å²) in [6, 6.07) is 0. The smallest absolute Gasteiger partial charge is 0.184 e. The van der Waals surface area contributed by atoms with Gasteiger partial charge in [0.2, 0.25) is 0 Å². The van der Waals surface area contributed by atoms with Gasteiger partial charge in [-0.3, -0.25) is 9.59 Å². The Morgan fingerprint density at radius 2 is 1.40 bits per heavy atom. The minimum absolute atomic E-state index is 0.000654. The lowest BCUT2D eigenvalue weighted by molar-refractivity contribution is -0.115. The molecule has 0 heterocycles. The van der Waals surface area contributed by atoms with Crippen molar-refractivity contribution in [2.75, 3.05) is 0 Å². The molecule has 0 saturated carbocycles. The third-order valence-corrected chi connectivity index (χ3v) is 6.59. The molecule has 2 atom stereocenters. The Morgan fingerprint density at radius 3 is 1.97 bits per heavy atom. The molecular formula is C28H46O2. The first-order chi connectivity index (χ1) is 14.1. The molecule has 170 valence electrons. The average molecular weight is 415 g/mol. The summed E-state index contributed by atoms with van der Waals surface area (Å²) in [5, 5.41) is 0. The fraction of sp³-hybridized carbons (Fsp3) is 0.714. The summed E-state index contributed by atoms with van der Waals surface area (Å²) in [5.74, 6) is 2.50. The molecule has 0 bridgehead atoms. The summed E-state index contributed by atoms with van der Waals surface area (Å²) in [5.41, 5.74) is 3.17. The first-order valence-electron chi connectivity index (χ1n) is 12.2. The second-order valence-corrected chi connectivity index (χ2v) is 10.2. The number of ketones is 2. The van der Waals surface area contributed by atoms with Crippen LogP contribution in [-0.2, 0) is 9.59 Å². The molecule has 0 fully saturated rings. The standard InChI is InChI=1S/C28H46O2/c1-20(2)11-8-12-21(3)13-9-14-22(4)15-10-16-23(5)17-18-26-25(7)28(30)24(6)19-27(26)29/h17,19-22H,8-16,18H2,1-7H3. The van der Waals surface area contributed by atoms with Crippen LogP contribution in [0.5, 0.6) is 0 Å². The highest BCUT2D eigenvalue weighted by Crippen LogP contribution is 2.24. The van der Waals surface area contributed by atoms with Gasteiger partial charge in [0, 0.05) is 16.7 Å². The number of hydrogen-bond acceptors (Lipinski definition) is 2. The monoisotopic (exact) mass is 414 g/mol. The van der Waals surface area contributed by atoms with Gasteiger partial charge in [-0.15, -0.1) is 0 Å². The van der Waals surface area contributed by atoms with Gasteiger partial charge in [-0.2, -0.15) is 0 Å². The third kappa shape index (κ3) is 10.0. The van der Waals surface area contributed by atoms with Crippen molar-refractivity contribution in [3.05, 3.63) is 34.4 Å². The van der Waals surface area contributed by atoms with E-state index < -0.39 is 0 Å². The Labute approximate surface area is 186 Å². The van der Waals surface area contributed by atoms with E-state index in [9.17, 15) is 9.59 Å². The van der Waals surface area contributed by atoms with E-state index in [1.807, 2.05) is 0 Å². The van der Waals surface area contributed by atoms with Crippen LogP contribution in [-0.4, -0.2) is 11.6 Å². The normalized spacial score (nSPS) is 17.6. The van der Waals surface area contributed by atoms with Crippen LogP contribution in [0.4, 0.5) is 0 Å². The van der Waals surface area contributed by atoms with Gasteiger partial charge in [0.1, 0.15) is 0 Å². The van der Waals surface area contributed by atoms with Crippen molar-refractivity contribution in [3.8, 4) is 0 Å². The fourth-order valence-electron chi connectivity index (χ4n) is 4.31. The zero-order valence-corrected chi connectivity index (χ0v) is 20.8. The minimum Gasteiger partial charge on any atom is -0.290 e. The number of rotatable bonds is 14. The van der Waals surface area contributed by atoms with Gasteiger partial charge in [0.15, 0.2) is 11.6 Å². The number of allylic oxidation sites excluding steroid dienone is 6. The first kappa shape index (κ1) is 26.6. The Morgan fingerprint density at radius 1 is 0.867 bits per heavy atom. The Bertz CT molecular complexity index is 660. The lowest BCUT2D eigenvalue weighted by Gasteiger charge is -2.15. The molecule has 0 saturated heterocycles. The minimum atomic E-state index is 0.000654. The number of carbonyl (C=O) groups excluding carboxylic acids is 2. The predicted molar refractivity (Wildman–Crippen MR) is 130 cm³/mol. The Hall–Kier alpha value is -1.44. The molecule has 0 aliphatic heterocycles. The van der Waals surface area contributed by atoms with E-state index >= 15 is 0 Å². The average Bonchev–Trinajstić information content (AvgIpc) is 2.65. The molecule has 0 radical (unpaired) electrons. The van der Waals surface area contributed by atoms with Crippen molar-refractivity contribution in [1.29, 1.82) is 0 Å². The van der Waals surface area contributed by atoms with Gasteiger partial charge in [0.25, 0.3) is 0 Å². The quantitative estimate of drug-likeness (QED) is 0.212. The van der Waals surface area contributed by atoms with Crippen molar-refractivity contribution >= 4 is 11.6 Å². The lowest BCUT2D eigenvalue weighted by atomic mass is 9.88. The van der Waals surface area contributed by atoms with Crippen LogP contribution < -0.4 is 0 Å². The van der Waals surface area contributed by atoms with E-state index in [4.69, 9.17) is 0 Å². The maximum atomic E-state index is 12.2. The molecule has 2 unspecified atom stereocenters. The van der Waals surface area contributed by atoms with Gasteiger partial charge >= 0.3 is 0 Å². The molecule has 0 spiro atoms. The summed E-state index contributed by atoms with van der Waals surface area (Å²) >= 11 is 0. The van der Waals surface area contributed by atoms with Crippen molar-refractivity contribution in [1.82, 2.24) is 0 Å². The molecule has 0 aromatic heterocycles. The molecular weight excluding hydrogens is 368 g/mol. The maximum Gasteiger partial charge on any atom is 0.184 e. The summed E-state index contributed by atoms with van der Waals surface area (Å²) in [6.07, 6.45) is 16.0. The molecule has 1 aliphatic carbocycles. The van der Waals surface area contributed by atoms with Crippen molar-refractivity contribution in [2.24, 2.45) is 17.8 Å². The maximum absolute atomic E-state index is 12.2. The molecule has 1 rings (SSSR count). The van der Waals surface area contributed by atoms with Crippen LogP contribution in [0.1, 0.15) is 113 Å². The molecule has 30 heavy (non-hydrogen) atoms. The molecule has 2 heteroatoms. The van der Waals surface area contributed by atoms with E-state index in [-0.39, 0.29) is 11.6 Å². The molecule has 2 nitrogen and oxygen atoms in total. The highest BCUT2D eigenvalue weighted by Gasteiger charge is 2.22. The van der Waals surface area contributed by atoms with Crippen molar-refractivity contribution in [3.63, 3.8) is 0 Å². The summed E-state index contributed by atoms with van der Waals surface area (Å²) < 4.78 is 0. The predicted octanol–water partition coefficient (Wildman–Crippen LogP) is 8.18. The number of Topliss-reactive ketones (excluding diaryl/α,β-unsaturated/α-hetero) is 1. The van der Waals surface area contributed by atoms with Gasteiger partial charge in [-0.1, -0.05) is 84.3 Å². The van der Waals surface area contributed by atoms with Crippen molar-refractivity contribution < 1.29 is 9.59 Å². The fourth-order valence-corrected chi connectivity index (χ4v) is 4.31. The van der Waals surface area contributed by atoms with E-state index in [2.05, 4.69) is 40.7 Å². The van der Waals surface area contributed by atoms with Crippen LogP contribution >= 0.6 is 0 Å². The van der Waals surface area contributed by atoms with E-state index in [0.717, 1.165) is 24.2 Å². The third-order valence-electron chi connectivity index (χ3n) is 6.59. The van der Waals surface area contributed by atoms with Gasteiger partial charge < -0.3 is 0 Å². The Balaban J connectivity index is 2.25. The van der Waals surface area contributed by atoms with Gasteiger partial charge in [-0.05, 0) is 63.9 Å². The van der Waals surface area contributed by atoms with E-state index in [0.29, 0.717) is 23.1 Å². The van der Waals surface area contributed by atoms with Crippen LogP contribution in [0, 0.1) is 17.8 Å². The van der Waals surface area contributed by atoms with Crippen LogP contribution in [0.2, 0.25) is 0 Å².